The summed E-state index contributed by atoms with van der Waals surface area (Å²) in [7, 11) is -12.4. The minimum atomic E-state index is -5.32. The van der Waals surface area contributed by atoms with Crippen LogP contribution in [-0.2, 0) is 10.3 Å². The van der Waals surface area contributed by atoms with Gasteiger partial charge in [-0.15, -0.1) is 0 Å². The first-order chi connectivity index (χ1) is 72.5. The standard InChI is InChI=1S/C136H109F3N4OSi4/c1-98(102-72-83-123(84-73-102)145(111-46-20-6-21-47-111,112-48-22-7-23-49-112)113-50-24-8-25-51-113)127-93-132-128(92-108(127)80-91-131-130(97-142)133(109(95-140)96-141)144-135(131,136(137,138)139)110-81-70-107(71-82-110)106-44-18-5-19-45-106)129(99(2)103-74-85-124(86-75-103)146(114-52-26-9-27-53-114,115-54-28-10-29-55-115)116-56-30-11-31-57-116)94-134(143-132,100(3)104-76-87-125(88-77-104)147(117-58-32-12-33-59-117,118-60-34-13-35-61-118)119-62-36-14-37-63-119)101(4)105-78-89-126(90-79-105)148(120-64-38-15-39-65-120,121-66-40-16-41-67-121)122-68-42-17-43-69-122/h5-93,98-101,129,143H,94H2,1-4H3/b91-80+. The first-order valence-electron chi connectivity index (χ1n) is 50.9. The second-order valence-corrected chi connectivity index (χ2v) is 54.5. The first kappa shape index (κ1) is 97.2. The van der Waals surface area contributed by atoms with Crippen molar-refractivity contribution in [1.82, 2.24) is 0 Å². The van der Waals surface area contributed by atoms with E-state index in [0.29, 0.717) is 17.5 Å². The third-order valence-corrected chi connectivity index (χ3v) is 51.2. The molecule has 0 saturated carbocycles. The van der Waals surface area contributed by atoms with Crippen LogP contribution >= 0.6 is 0 Å². The van der Waals surface area contributed by atoms with E-state index in [-0.39, 0.29) is 29.2 Å². The van der Waals surface area contributed by atoms with E-state index in [1.165, 1.54) is 96.0 Å². The van der Waals surface area contributed by atoms with Crippen molar-refractivity contribution in [3.8, 4) is 29.3 Å². The summed E-state index contributed by atoms with van der Waals surface area (Å²) in [6.07, 6.45) is -1.68. The molecular weight excluding hydrogens is 1870 g/mol. The van der Waals surface area contributed by atoms with Gasteiger partial charge >= 0.3 is 6.18 Å². The number of halogens is 3. The molecule has 0 bridgehead atoms. The Morgan fingerprint density at radius 3 is 0.865 bits per heavy atom. The number of rotatable bonds is 28. The van der Waals surface area contributed by atoms with Crippen molar-refractivity contribution in [2.45, 2.75) is 81.0 Å². The monoisotopic (exact) mass is 1980 g/mol. The van der Waals surface area contributed by atoms with E-state index in [4.69, 9.17) is 4.74 Å². The third-order valence-electron chi connectivity index (χ3n) is 32.0. The molecular formula is C136H109F3N4OSi4. The second-order valence-electron chi connectivity index (χ2n) is 39.3. The highest BCUT2D eigenvalue weighted by Crippen LogP contribution is 2.59. The van der Waals surface area contributed by atoms with Crippen LogP contribution in [0.2, 0.25) is 0 Å². The van der Waals surface area contributed by atoms with Crippen LogP contribution in [0, 0.1) is 34.0 Å². The summed E-state index contributed by atoms with van der Waals surface area (Å²) < 4.78 is 59.5. The predicted octanol–water partition coefficient (Wildman–Crippen LogP) is 21.7. The number of alkyl halides is 3. The van der Waals surface area contributed by atoms with E-state index in [2.05, 4.69) is 512 Å². The molecule has 148 heavy (non-hydrogen) atoms. The quantitative estimate of drug-likeness (QED) is 0.0300. The highest BCUT2D eigenvalue weighted by molar-refractivity contribution is 7.22. The van der Waals surface area contributed by atoms with Gasteiger partial charge in [-0.25, -0.2) is 0 Å². The van der Waals surface area contributed by atoms with E-state index in [9.17, 15) is 15.8 Å². The van der Waals surface area contributed by atoms with Crippen LogP contribution in [0.15, 0.2) is 556 Å². The lowest BCUT2D eigenvalue weighted by Crippen LogP contribution is -2.74. The Labute approximate surface area is 870 Å². The Balaban J connectivity index is 0.826. The third kappa shape index (κ3) is 17.1. The molecule has 0 saturated heterocycles. The minimum absolute atomic E-state index is 0.282. The molecule has 19 aromatic rings. The Hall–Kier alpha value is -16.9. The van der Waals surface area contributed by atoms with Gasteiger partial charge in [0.2, 0.25) is 0 Å². The highest BCUT2D eigenvalue weighted by atomic mass is 28.3. The molecule has 6 unspecified atom stereocenters. The van der Waals surface area contributed by atoms with E-state index in [1.807, 2.05) is 42.5 Å². The molecule has 19 aromatic carbocycles. The second kappa shape index (κ2) is 41.7. The fourth-order valence-corrected chi connectivity index (χ4v) is 43.6. The summed E-state index contributed by atoms with van der Waals surface area (Å²) in [6, 6.07) is 195. The van der Waals surface area contributed by atoms with Gasteiger partial charge in [-0.3, -0.25) is 0 Å². The van der Waals surface area contributed by atoms with E-state index >= 15 is 13.2 Å². The van der Waals surface area contributed by atoms with Crippen molar-refractivity contribution in [2.75, 3.05) is 5.32 Å². The fraction of sp³-hybridized carbons (Fsp3) is 0.0956. The lowest BCUT2D eigenvalue weighted by molar-refractivity contribution is -0.249. The molecule has 0 aliphatic carbocycles. The lowest BCUT2D eigenvalue weighted by Gasteiger charge is -2.52. The van der Waals surface area contributed by atoms with Crippen molar-refractivity contribution >= 4 is 127 Å². The maximum Gasteiger partial charge on any atom is 0.437 e. The highest BCUT2D eigenvalue weighted by Gasteiger charge is 2.66. The molecule has 0 fully saturated rings. The van der Waals surface area contributed by atoms with Crippen molar-refractivity contribution in [2.24, 2.45) is 0 Å². The van der Waals surface area contributed by atoms with Crippen LogP contribution in [0.3, 0.4) is 0 Å². The molecule has 0 spiro atoms. The van der Waals surface area contributed by atoms with Gasteiger partial charge in [-0.2, -0.15) is 29.0 Å². The summed E-state index contributed by atoms with van der Waals surface area (Å²) in [5.74, 6) is -2.49. The van der Waals surface area contributed by atoms with E-state index in [1.54, 1.807) is 18.2 Å². The summed E-state index contributed by atoms with van der Waals surface area (Å²) in [5, 5.41) is 57.8. The zero-order chi connectivity index (χ0) is 101. The largest absolute Gasteiger partial charge is 0.465 e. The number of ether oxygens (including phenoxy) is 1. The molecule has 0 aromatic heterocycles. The molecule has 21 rings (SSSR count). The number of anilines is 1. The normalized spacial score (nSPS) is 16.1. The minimum Gasteiger partial charge on any atom is -0.465 e. The Morgan fingerprint density at radius 1 is 0.324 bits per heavy atom. The molecule has 2 aliphatic rings. The van der Waals surface area contributed by atoms with Gasteiger partial charge in [0.05, 0.1) is 5.54 Å². The molecule has 12 heteroatoms. The summed E-state index contributed by atoms with van der Waals surface area (Å²) in [4.78, 5) is 0. The smallest absolute Gasteiger partial charge is 0.437 e. The molecule has 2 aliphatic heterocycles. The van der Waals surface area contributed by atoms with Crippen LogP contribution in [0.25, 0.3) is 17.2 Å². The molecule has 2 heterocycles. The molecule has 6 atom stereocenters. The van der Waals surface area contributed by atoms with Gasteiger partial charge in [0.15, 0.2) is 43.6 Å². The summed E-state index contributed by atoms with van der Waals surface area (Å²) >= 11 is 0. The van der Waals surface area contributed by atoms with Gasteiger partial charge in [0.1, 0.15) is 23.8 Å². The number of nitrogens with one attached hydrogen (secondary N) is 1. The van der Waals surface area contributed by atoms with E-state index in [0.717, 1.165) is 49.8 Å². The molecule has 5 nitrogen and oxygen atoms in total. The summed E-state index contributed by atoms with van der Waals surface area (Å²) in [5.41, 5.74) is 2.27. The van der Waals surface area contributed by atoms with Crippen LogP contribution in [0.5, 0.6) is 0 Å². The zero-order valence-corrected chi connectivity index (χ0v) is 86.9. The average Bonchev–Trinajstić information content (AvgIpc) is 1.58. The van der Waals surface area contributed by atoms with Gasteiger partial charge in [-0.1, -0.05) is 555 Å². The van der Waals surface area contributed by atoms with Gasteiger partial charge < -0.3 is 10.1 Å². The van der Waals surface area contributed by atoms with Gasteiger partial charge in [-0.05, 0) is 163 Å². The fourth-order valence-electron chi connectivity index (χ4n) is 24.6. The van der Waals surface area contributed by atoms with Crippen molar-refractivity contribution in [3.05, 3.63) is 601 Å². The summed E-state index contributed by atoms with van der Waals surface area (Å²) in [6.45, 7) is 9.40. The lowest BCUT2D eigenvalue weighted by atomic mass is 9.60. The molecule has 716 valence electrons. The van der Waals surface area contributed by atoms with Gasteiger partial charge in [0.25, 0.3) is 5.60 Å². The number of nitrogens with zero attached hydrogens (tertiary/aromatic N) is 3. The number of hydrogen-bond donors (Lipinski definition) is 1. The van der Waals surface area contributed by atoms with Crippen molar-refractivity contribution in [1.29, 1.82) is 15.8 Å². The number of fused-ring (bicyclic) bond motifs is 1. The molecule has 1 N–H and O–H groups in total. The van der Waals surface area contributed by atoms with Crippen molar-refractivity contribution in [3.63, 3.8) is 0 Å². The van der Waals surface area contributed by atoms with Crippen LogP contribution < -0.4 is 88.3 Å². The van der Waals surface area contributed by atoms with Gasteiger partial charge in [0, 0.05) is 34.6 Å². The SMILES string of the molecule is CC(c1ccc([Si](c2ccccc2)(c2ccccc2)c2ccccc2)cc1)c1cc2c(cc1/C=C/C1=C(C#N)C(=C(C#N)C#N)OC1(c1ccc(-c3ccccc3)cc1)C(F)(F)F)C(C(C)c1ccc([Si](c3ccccc3)(c3ccccc3)c3ccccc3)cc1)CC(C(C)c1ccc([Si](c3ccccc3)(c3ccccc3)c3ccccc3)cc1)(C(C)c1ccc([Si](c3ccccc3)(c3ccccc3)c3ccccc3)cc1)N2. The number of benzene rings is 19. The van der Waals surface area contributed by atoms with Crippen molar-refractivity contribution < 1.29 is 17.9 Å². The first-order valence-corrected chi connectivity index (χ1v) is 58.9. The van der Waals surface area contributed by atoms with Crippen LogP contribution in [-0.4, -0.2) is 44.0 Å². The Morgan fingerprint density at radius 2 is 0.588 bits per heavy atom. The maximum atomic E-state index is 17.7. The Bertz CT molecular complexity index is 7540. The zero-order valence-electron chi connectivity index (χ0n) is 82.9. The van der Waals surface area contributed by atoms with E-state index < -0.39 is 78.0 Å². The number of nitriles is 3. The van der Waals surface area contributed by atoms with Crippen LogP contribution in [0.4, 0.5) is 18.9 Å². The average molecular weight is 1980 g/mol. The topological polar surface area (TPSA) is 92.6 Å². The maximum absolute atomic E-state index is 17.7. The predicted molar refractivity (Wildman–Crippen MR) is 614 cm³/mol. The van der Waals surface area contributed by atoms with Crippen LogP contribution in [0.1, 0.15) is 108 Å². The molecule has 0 amide bonds. The molecule has 0 radical (unpaired) electrons. The number of hydrogen-bond acceptors (Lipinski definition) is 5. The number of allylic oxidation sites excluding steroid dienone is 2. The Kier molecular flexibility index (Phi) is 27.4.